The zero-order valence-corrected chi connectivity index (χ0v) is 30.6. The number of rotatable bonds is 6. The largest absolute Gasteiger partial charge is 0.277 e. The van der Waals surface area contributed by atoms with Crippen LogP contribution < -0.4 is 0 Å². The molecule has 0 radical (unpaired) electrons. The number of carbonyl (C=O) groups is 2. The van der Waals surface area contributed by atoms with E-state index in [0.717, 1.165) is 27.3 Å². The van der Waals surface area contributed by atoms with Gasteiger partial charge in [-0.15, -0.1) is 45.3 Å². The van der Waals surface area contributed by atoms with Crippen LogP contribution in [-0.4, -0.2) is 23.8 Å². The number of benzene rings is 1. The lowest BCUT2D eigenvalue weighted by Crippen LogP contribution is -2.24. The molecule has 1 aliphatic rings. The molecule has 45 heavy (non-hydrogen) atoms. The van der Waals surface area contributed by atoms with Crippen LogP contribution in [0.25, 0.3) is 42.8 Å². The van der Waals surface area contributed by atoms with Crippen LogP contribution in [0.2, 0.25) is 0 Å². The summed E-state index contributed by atoms with van der Waals surface area (Å²) in [5.41, 5.74) is 5.54. The molecule has 232 valence electrons. The fourth-order valence-electron chi connectivity index (χ4n) is 5.55. The minimum absolute atomic E-state index is 0.0177. The standard InChI is InChI=1S/C38H39NO2S4/c1-10-22-20-30(42-26(22)14-13-25-21(2)19-32(44-25)38(6,7)8)29-16-15-27(43-29)23-11-12-24(28-17-18-31(45-28)37(3,4)5)34-33(23)35(40)39(9)36(34)41/h11-20H,10H2,1-9H3. The van der Waals surface area contributed by atoms with Gasteiger partial charge in [0.1, 0.15) is 0 Å². The highest BCUT2D eigenvalue weighted by molar-refractivity contribution is 7.24. The lowest BCUT2D eigenvalue weighted by atomic mass is 9.94. The van der Waals surface area contributed by atoms with Crippen molar-refractivity contribution in [2.45, 2.75) is 72.6 Å². The van der Waals surface area contributed by atoms with E-state index in [9.17, 15) is 9.59 Å². The molecule has 2 amide bonds. The number of fused-ring (bicyclic) bond motifs is 1. The van der Waals surface area contributed by atoms with Crippen molar-refractivity contribution in [3.63, 3.8) is 0 Å². The Labute approximate surface area is 282 Å². The van der Waals surface area contributed by atoms with Crippen molar-refractivity contribution in [2.24, 2.45) is 0 Å². The first-order chi connectivity index (χ1) is 21.2. The van der Waals surface area contributed by atoms with E-state index in [2.05, 4.69) is 104 Å². The third-order valence-corrected chi connectivity index (χ3v) is 13.9. The maximum Gasteiger partial charge on any atom is 0.261 e. The first kappa shape index (κ1) is 31.9. The predicted molar refractivity (Wildman–Crippen MR) is 198 cm³/mol. The molecule has 7 heteroatoms. The van der Waals surface area contributed by atoms with Gasteiger partial charge in [-0.25, -0.2) is 0 Å². The fraction of sp³-hybridized carbons (Fsp3) is 0.316. The molecule has 6 rings (SSSR count). The van der Waals surface area contributed by atoms with Crippen LogP contribution in [0.15, 0.2) is 48.5 Å². The van der Waals surface area contributed by atoms with Crippen LogP contribution in [0, 0.1) is 6.92 Å². The van der Waals surface area contributed by atoms with Crippen LogP contribution in [-0.2, 0) is 17.3 Å². The first-order valence-electron chi connectivity index (χ1n) is 15.3. The summed E-state index contributed by atoms with van der Waals surface area (Å²) in [7, 11) is 1.58. The van der Waals surface area contributed by atoms with Gasteiger partial charge < -0.3 is 0 Å². The second kappa shape index (κ2) is 11.6. The van der Waals surface area contributed by atoms with Crippen molar-refractivity contribution < 1.29 is 9.59 Å². The Balaban J connectivity index is 1.35. The molecule has 1 aliphatic heterocycles. The van der Waals surface area contributed by atoms with Gasteiger partial charge in [0, 0.05) is 57.2 Å². The summed E-state index contributed by atoms with van der Waals surface area (Å²) in [6.45, 7) is 17.8. The molecule has 0 N–H and O–H groups in total. The predicted octanol–water partition coefficient (Wildman–Crippen LogP) is 11.8. The lowest BCUT2D eigenvalue weighted by molar-refractivity contribution is 0.0693. The maximum absolute atomic E-state index is 13.5. The molecule has 0 aliphatic carbocycles. The molecule has 0 spiro atoms. The molecule has 0 fully saturated rings. The van der Waals surface area contributed by atoms with E-state index < -0.39 is 0 Å². The molecular formula is C38H39NO2S4. The van der Waals surface area contributed by atoms with Gasteiger partial charge in [-0.3, -0.25) is 14.5 Å². The Hall–Kier alpha value is -3.10. The normalized spacial score (nSPS) is 13.9. The van der Waals surface area contributed by atoms with Crippen molar-refractivity contribution in [3.05, 3.63) is 90.3 Å². The minimum atomic E-state index is -0.232. The Morgan fingerprint density at radius 1 is 0.644 bits per heavy atom. The van der Waals surface area contributed by atoms with Gasteiger partial charge in [-0.2, -0.15) is 0 Å². The van der Waals surface area contributed by atoms with Crippen molar-refractivity contribution in [3.8, 4) is 30.6 Å². The summed E-state index contributed by atoms with van der Waals surface area (Å²) in [6.07, 6.45) is 5.50. The van der Waals surface area contributed by atoms with Crippen molar-refractivity contribution in [1.82, 2.24) is 4.90 Å². The molecule has 3 nitrogen and oxygen atoms in total. The number of hydrogen-bond donors (Lipinski definition) is 0. The molecule has 5 aromatic rings. The van der Waals surface area contributed by atoms with Crippen LogP contribution in [0.4, 0.5) is 0 Å². The van der Waals surface area contributed by atoms with Crippen molar-refractivity contribution in [2.75, 3.05) is 7.05 Å². The molecule has 0 unspecified atom stereocenters. The molecule has 1 aromatic carbocycles. The zero-order valence-electron chi connectivity index (χ0n) is 27.4. The van der Waals surface area contributed by atoms with E-state index in [1.54, 1.807) is 29.7 Å². The molecule has 0 bridgehead atoms. The molecule has 0 saturated heterocycles. The quantitative estimate of drug-likeness (QED) is 0.169. The summed E-state index contributed by atoms with van der Waals surface area (Å²) in [4.78, 5) is 37.8. The number of imide groups is 1. The first-order valence-corrected chi connectivity index (χ1v) is 18.6. The van der Waals surface area contributed by atoms with Gasteiger partial charge >= 0.3 is 0 Å². The van der Waals surface area contributed by atoms with Gasteiger partial charge in [-0.05, 0) is 83.9 Å². The topological polar surface area (TPSA) is 37.4 Å². The zero-order chi connectivity index (χ0) is 32.4. The van der Waals surface area contributed by atoms with Crippen LogP contribution in [0.1, 0.15) is 99.8 Å². The van der Waals surface area contributed by atoms with Crippen molar-refractivity contribution in [1.29, 1.82) is 0 Å². The maximum atomic E-state index is 13.5. The van der Waals surface area contributed by atoms with E-state index in [4.69, 9.17) is 0 Å². The number of aryl methyl sites for hydroxylation is 2. The molecule has 5 heterocycles. The highest BCUT2D eigenvalue weighted by Crippen LogP contribution is 2.46. The average molecular weight is 670 g/mol. The molecule has 0 atom stereocenters. The highest BCUT2D eigenvalue weighted by Gasteiger charge is 2.38. The van der Waals surface area contributed by atoms with E-state index in [1.165, 1.54) is 45.3 Å². The van der Waals surface area contributed by atoms with E-state index in [0.29, 0.717) is 11.1 Å². The van der Waals surface area contributed by atoms with Gasteiger partial charge in [0.25, 0.3) is 11.8 Å². The molecule has 0 saturated carbocycles. The third-order valence-electron chi connectivity index (χ3n) is 8.27. The van der Waals surface area contributed by atoms with E-state index in [-0.39, 0.29) is 22.6 Å². The summed E-state index contributed by atoms with van der Waals surface area (Å²) in [5.74, 6) is -0.461. The van der Waals surface area contributed by atoms with Gasteiger partial charge in [-0.1, -0.05) is 60.6 Å². The number of thiophene rings is 4. The Morgan fingerprint density at radius 2 is 1.20 bits per heavy atom. The number of nitrogens with zero attached hydrogens (tertiary/aromatic N) is 1. The number of hydrogen-bond acceptors (Lipinski definition) is 6. The van der Waals surface area contributed by atoms with Crippen LogP contribution in [0.3, 0.4) is 0 Å². The lowest BCUT2D eigenvalue weighted by Gasteiger charge is -2.15. The van der Waals surface area contributed by atoms with Gasteiger partial charge in [0.15, 0.2) is 0 Å². The monoisotopic (exact) mass is 669 g/mol. The van der Waals surface area contributed by atoms with E-state index in [1.807, 2.05) is 34.8 Å². The Morgan fingerprint density at radius 3 is 1.76 bits per heavy atom. The number of carbonyl (C=O) groups excluding carboxylic acids is 2. The number of amides is 2. The smallest absolute Gasteiger partial charge is 0.261 e. The molecular weight excluding hydrogens is 631 g/mol. The second-order valence-electron chi connectivity index (χ2n) is 13.8. The Kier molecular flexibility index (Phi) is 8.22. The summed E-state index contributed by atoms with van der Waals surface area (Å²) in [6, 6.07) is 17.1. The second-order valence-corrected chi connectivity index (χ2v) is 18.1. The summed E-state index contributed by atoms with van der Waals surface area (Å²) in [5, 5.41) is 0. The van der Waals surface area contributed by atoms with Crippen molar-refractivity contribution >= 4 is 69.3 Å². The van der Waals surface area contributed by atoms with E-state index >= 15 is 0 Å². The van der Waals surface area contributed by atoms with Crippen LogP contribution in [0.5, 0.6) is 0 Å². The summed E-state index contributed by atoms with van der Waals surface area (Å²) >= 11 is 7.07. The van der Waals surface area contributed by atoms with Gasteiger partial charge in [0.05, 0.1) is 11.1 Å². The van der Waals surface area contributed by atoms with Gasteiger partial charge in [0.2, 0.25) is 0 Å². The average Bonchev–Trinajstić information content (AvgIpc) is 3.80. The highest BCUT2D eigenvalue weighted by atomic mass is 32.1. The minimum Gasteiger partial charge on any atom is -0.277 e. The SMILES string of the molecule is CCc1cc(-c2ccc(-c3ccc(-c4ccc(C(C)(C)C)s4)c4c3C(=O)N(C)C4=O)s2)sc1C=Cc1sc(C(C)(C)C)cc1C. The van der Waals surface area contributed by atoms with Crippen LogP contribution >= 0.6 is 45.3 Å². The third kappa shape index (κ3) is 5.85. The fourth-order valence-corrected chi connectivity index (χ4v) is 10.1. The Bertz CT molecular complexity index is 1980. The summed E-state index contributed by atoms with van der Waals surface area (Å²) < 4.78 is 0. The molecule has 4 aromatic heterocycles.